The standard InChI is InChI=1S/C17H20F2N2O9S/c18-17(19,31(26,27)28)11-30-15(22)9-12-5-7-20(8-6-12)16(23)29-10-13-3-1-2-4-14(13)21(24)25/h1-4,12H,5-11H2,(H,26,27,28). The lowest BCUT2D eigenvalue weighted by atomic mass is 9.94. The van der Waals surface area contributed by atoms with E-state index in [-0.39, 0.29) is 43.3 Å². The highest BCUT2D eigenvalue weighted by Crippen LogP contribution is 2.25. The first-order valence-corrected chi connectivity index (χ1v) is 10.5. The predicted molar refractivity (Wildman–Crippen MR) is 99.7 cm³/mol. The third-order valence-electron chi connectivity index (χ3n) is 4.65. The molecule has 0 radical (unpaired) electrons. The molecule has 31 heavy (non-hydrogen) atoms. The van der Waals surface area contributed by atoms with Crippen LogP contribution in [0.25, 0.3) is 0 Å². The number of nitro benzene ring substituents is 1. The molecule has 1 aromatic rings. The van der Waals surface area contributed by atoms with E-state index in [0.717, 1.165) is 0 Å². The highest BCUT2D eigenvalue weighted by molar-refractivity contribution is 7.86. The smallest absolute Gasteiger partial charge is 0.410 e. The molecule has 0 unspecified atom stereocenters. The van der Waals surface area contributed by atoms with Crippen molar-refractivity contribution >= 4 is 27.9 Å². The third kappa shape index (κ3) is 6.82. The molecule has 1 amide bonds. The van der Waals surface area contributed by atoms with Crippen molar-refractivity contribution in [3.05, 3.63) is 39.9 Å². The molecule has 1 aliphatic rings. The van der Waals surface area contributed by atoms with Gasteiger partial charge < -0.3 is 14.4 Å². The normalized spacial score (nSPS) is 15.4. The number of hydrogen-bond donors (Lipinski definition) is 1. The number of likely N-dealkylation sites (tertiary alicyclic amines) is 1. The third-order valence-corrected chi connectivity index (χ3v) is 5.52. The average Bonchev–Trinajstić information content (AvgIpc) is 2.70. The van der Waals surface area contributed by atoms with Gasteiger partial charge in [-0.3, -0.25) is 19.5 Å². The van der Waals surface area contributed by atoms with Crippen LogP contribution in [-0.2, 0) is 31.0 Å². The van der Waals surface area contributed by atoms with Gasteiger partial charge in [-0.15, -0.1) is 0 Å². The van der Waals surface area contributed by atoms with Gasteiger partial charge >= 0.3 is 27.4 Å². The molecule has 2 rings (SSSR count). The Morgan fingerprint density at radius 1 is 1.23 bits per heavy atom. The maximum Gasteiger partial charge on any atom is 0.410 e. The summed E-state index contributed by atoms with van der Waals surface area (Å²) in [7, 11) is -5.69. The topological polar surface area (TPSA) is 153 Å². The van der Waals surface area contributed by atoms with Gasteiger partial charge in [-0.05, 0) is 24.8 Å². The first-order valence-electron chi connectivity index (χ1n) is 9.05. The van der Waals surface area contributed by atoms with E-state index in [2.05, 4.69) is 4.74 Å². The number of benzene rings is 1. The number of amides is 1. The fraction of sp³-hybridized carbons (Fsp3) is 0.529. The molecule has 0 aliphatic carbocycles. The summed E-state index contributed by atoms with van der Waals surface area (Å²) < 4.78 is 64.8. The van der Waals surface area contributed by atoms with E-state index in [1.807, 2.05) is 0 Å². The number of nitro groups is 1. The number of carbonyl (C=O) groups is 2. The highest BCUT2D eigenvalue weighted by atomic mass is 32.2. The molecule has 0 spiro atoms. The first kappa shape index (κ1) is 24.4. The Balaban J connectivity index is 1.76. The van der Waals surface area contributed by atoms with Gasteiger partial charge in [0.1, 0.15) is 6.61 Å². The lowest BCUT2D eigenvalue weighted by Gasteiger charge is -2.30. The van der Waals surface area contributed by atoms with E-state index < -0.39 is 39.0 Å². The van der Waals surface area contributed by atoms with Crippen molar-refractivity contribution in [2.45, 2.75) is 31.1 Å². The van der Waals surface area contributed by atoms with Gasteiger partial charge in [0.2, 0.25) is 0 Å². The molecule has 11 nitrogen and oxygen atoms in total. The zero-order valence-electron chi connectivity index (χ0n) is 16.1. The molecule has 0 bridgehead atoms. The fourth-order valence-electron chi connectivity index (χ4n) is 2.90. The summed E-state index contributed by atoms with van der Waals surface area (Å²) in [4.78, 5) is 35.6. The summed E-state index contributed by atoms with van der Waals surface area (Å²) in [5.41, 5.74) is 0.0623. The van der Waals surface area contributed by atoms with Crippen molar-refractivity contribution in [1.29, 1.82) is 0 Å². The highest BCUT2D eigenvalue weighted by Gasteiger charge is 2.45. The number of halogens is 2. The first-order chi connectivity index (χ1) is 14.4. The largest absolute Gasteiger partial charge is 0.458 e. The molecule has 1 aromatic carbocycles. The molecular formula is C17H20F2N2O9S. The van der Waals surface area contributed by atoms with Gasteiger partial charge in [0.15, 0.2) is 6.61 Å². The van der Waals surface area contributed by atoms with Gasteiger partial charge in [0.25, 0.3) is 5.69 Å². The Kier molecular flexibility index (Phi) is 7.84. The van der Waals surface area contributed by atoms with Crippen LogP contribution in [0.4, 0.5) is 19.3 Å². The van der Waals surface area contributed by atoms with Gasteiger partial charge in [-0.1, -0.05) is 12.1 Å². The Bertz CT molecular complexity index is 931. The number of carbonyl (C=O) groups excluding carboxylic acids is 2. The Labute approximate surface area is 175 Å². The molecule has 14 heteroatoms. The molecular weight excluding hydrogens is 446 g/mol. The molecule has 1 N–H and O–H groups in total. The number of rotatable bonds is 8. The zero-order chi connectivity index (χ0) is 23.2. The van der Waals surface area contributed by atoms with Crippen LogP contribution in [0.5, 0.6) is 0 Å². The SMILES string of the molecule is O=C(CC1CCN(C(=O)OCc2ccccc2[N+](=O)[O-])CC1)OCC(F)(F)S(=O)(=O)O. The van der Waals surface area contributed by atoms with Crippen molar-refractivity contribution in [1.82, 2.24) is 4.90 Å². The van der Waals surface area contributed by atoms with Crippen LogP contribution >= 0.6 is 0 Å². The van der Waals surface area contributed by atoms with Crippen molar-refractivity contribution < 1.29 is 45.7 Å². The monoisotopic (exact) mass is 466 g/mol. The summed E-state index contributed by atoms with van der Waals surface area (Å²) in [6.07, 6.45) is -0.276. The number of alkyl halides is 2. The summed E-state index contributed by atoms with van der Waals surface area (Å²) in [5, 5.41) is 6.38. The molecule has 0 aromatic heterocycles. The van der Waals surface area contributed by atoms with E-state index in [9.17, 15) is 36.9 Å². The van der Waals surface area contributed by atoms with Gasteiger partial charge in [-0.25, -0.2) is 4.79 Å². The maximum absolute atomic E-state index is 13.1. The van der Waals surface area contributed by atoms with Gasteiger partial charge in [0.05, 0.1) is 10.5 Å². The number of para-hydroxylation sites is 1. The Morgan fingerprint density at radius 2 is 1.84 bits per heavy atom. The maximum atomic E-state index is 13.1. The summed E-state index contributed by atoms with van der Waals surface area (Å²) in [5.74, 6) is -1.34. The lowest BCUT2D eigenvalue weighted by molar-refractivity contribution is -0.385. The molecule has 1 saturated heterocycles. The van der Waals surface area contributed by atoms with Gasteiger partial charge in [0, 0.05) is 25.6 Å². The van der Waals surface area contributed by atoms with Crippen LogP contribution < -0.4 is 0 Å². The molecule has 0 atom stereocenters. The molecule has 1 aliphatic heterocycles. The van der Waals surface area contributed by atoms with Crippen molar-refractivity contribution in [2.24, 2.45) is 5.92 Å². The molecule has 1 heterocycles. The van der Waals surface area contributed by atoms with Crippen LogP contribution in [0.2, 0.25) is 0 Å². The van der Waals surface area contributed by atoms with Crippen LogP contribution in [0.1, 0.15) is 24.8 Å². The number of nitrogens with zero attached hydrogens (tertiary/aromatic N) is 2. The van der Waals surface area contributed by atoms with E-state index in [1.54, 1.807) is 6.07 Å². The average molecular weight is 466 g/mol. The predicted octanol–water partition coefficient (Wildman–Crippen LogP) is 2.36. The number of hydrogen-bond acceptors (Lipinski definition) is 8. The Morgan fingerprint density at radius 3 is 2.42 bits per heavy atom. The quantitative estimate of drug-likeness (QED) is 0.263. The molecule has 1 fully saturated rings. The van der Waals surface area contributed by atoms with Crippen LogP contribution in [0.15, 0.2) is 24.3 Å². The van der Waals surface area contributed by atoms with Crippen molar-refractivity contribution in [3.63, 3.8) is 0 Å². The van der Waals surface area contributed by atoms with E-state index in [4.69, 9.17) is 9.29 Å². The zero-order valence-corrected chi connectivity index (χ0v) is 16.9. The minimum absolute atomic E-state index is 0.174. The minimum atomic E-state index is -5.69. The summed E-state index contributed by atoms with van der Waals surface area (Å²) in [6, 6.07) is 5.82. The second-order valence-electron chi connectivity index (χ2n) is 6.85. The van der Waals surface area contributed by atoms with Crippen molar-refractivity contribution in [3.8, 4) is 0 Å². The summed E-state index contributed by atoms with van der Waals surface area (Å²) >= 11 is 0. The molecule has 172 valence electrons. The van der Waals surface area contributed by atoms with E-state index in [1.165, 1.54) is 23.1 Å². The number of esters is 1. The minimum Gasteiger partial charge on any atom is -0.458 e. The fourth-order valence-corrected chi connectivity index (χ4v) is 3.10. The second-order valence-corrected chi connectivity index (χ2v) is 8.40. The Hall–Kier alpha value is -2.87. The van der Waals surface area contributed by atoms with Crippen molar-refractivity contribution in [2.75, 3.05) is 19.7 Å². The van der Waals surface area contributed by atoms with Crippen LogP contribution in [0.3, 0.4) is 0 Å². The molecule has 0 saturated carbocycles. The van der Waals surface area contributed by atoms with E-state index >= 15 is 0 Å². The van der Waals surface area contributed by atoms with E-state index in [0.29, 0.717) is 12.8 Å². The lowest BCUT2D eigenvalue weighted by Crippen LogP contribution is -2.39. The number of ether oxygens (including phenoxy) is 2. The second kappa shape index (κ2) is 9.96. The van der Waals surface area contributed by atoms with Gasteiger partial charge in [-0.2, -0.15) is 17.2 Å². The number of piperidine rings is 1. The van der Waals surface area contributed by atoms with Crippen LogP contribution in [0, 0.1) is 16.0 Å². The van der Waals surface area contributed by atoms with Crippen LogP contribution in [-0.4, -0.2) is 59.8 Å². The summed E-state index contributed by atoms with van der Waals surface area (Å²) in [6.45, 7) is -1.67.